The molecule has 1 unspecified atom stereocenters. The molecule has 0 aliphatic rings. The molecule has 0 heterocycles. The molecular weight excluding hydrogens is 132 g/mol. The molecule has 0 amide bonds. The largest absolute Gasteiger partial charge is 0.179 e. The maximum atomic E-state index is 4.16. The summed E-state index contributed by atoms with van der Waals surface area (Å²) < 4.78 is 0. The molecule has 0 rings (SSSR count). The number of rotatable bonds is 4. The molecule has 0 bridgehead atoms. The second-order valence-electron chi connectivity index (χ2n) is 2.38. The van der Waals surface area contributed by atoms with Gasteiger partial charge in [-0.2, -0.15) is 12.6 Å². The molecule has 0 fully saturated rings. The zero-order valence-electron chi connectivity index (χ0n) is 5.85. The van der Waals surface area contributed by atoms with Gasteiger partial charge in [0.15, 0.2) is 0 Å². The van der Waals surface area contributed by atoms with E-state index in [2.05, 4.69) is 26.1 Å². The normalized spacial score (nSPS) is 13.9. The van der Waals surface area contributed by atoms with Gasteiger partial charge in [0.25, 0.3) is 0 Å². The molecule has 50 valence electrons. The molecule has 0 N–H and O–H groups in total. The van der Waals surface area contributed by atoms with Crippen LogP contribution in [-0.2, 0) is 0 Å². The minimum absolute atomic E-state index is 0.248. The van der Waals surface area contributed by atoms with Gasteiger partial charge in [-0.05, 0) is 12.2 Å². The monoisotopic (exact) mass is 148 g/mol. The average molecular weight is 148 g/mol. The molecule has 1 atom stereocenters. The van der Waals surface area contributed by atoms with Gasteiger partial charge in [0, 0.05) is 8.80 Å². The third-order valence-corrected chi connectivity index (χ3v) is 4.66. The third kappa shape index (κ3) is 4.72. The van der Waals surface area contributed by atoms with Crippen LogP contribution in [0.4, 0.5) is 0 Å². The predicted molar refractivity (Wildman–Crippen MR) is 46.8 cm³/mol. The minimum atomic E-state index is -0.248. The van der Waals surface area contributed by atoms with Crippen LogP contribution in [0.5, 0.6) is 0 Å². The first-order valence-electron chi connectivity index (χ1n) is 3.42. The van der Waals surface area contributed by atoms with E-state index in [1.165, 1.54) is 18.5 Å². The lowest BCUT2D eigenvalue weighted by atomic mass is 10.6. The van der Waals surface area contributed by atoms with Crippen LogP contribution in [0.2, 0.25) is 18.6 Å². The summed E-state index contributed by atoms with van der Waals surface area (Å²) in [5.41, 5.74) is 0. The Morgan fingerprint density at radius 1 is 1.50 bits per heavy atom. The molecular formula is C6H16SSi. The molecule has 0 aromatic rings. The fraction of sp³-hybridized carbons (Fsp3) is 1.00. The number of hydrogen-bond donors (Lipinski definition) is 1. The Hall–Kier alpha value is 0.567. The van der Waals surface area contributed by atoms with Gasteiger partial charge in [0.1, 0.15) is 0 Å². The Labute approximate surface area is 59.7 Å². The van der Waals surface area contributed by atoms with Gasteiger partial charge in [-0.15, -0.1) is 0 Å². The summed E-state index contributed by atoms with van der Waals surface area (Å²) in [5, 5.41) is 0. The lowest BCUT2D eigenvalue weighted by molar-refractivity contribution is 1.07. The summed E-state index contributed by atoms with van der Waals surface area (Å²) >= 11 is 4.16. The smallest absolute Gasteiger partial charge is 0.0334 e. The maximum absolute atomic E-state index is 4.16. The number of thiol groups is 1. The van der Waals surface area contributed by atoms with Gasteiger partial charge in [0.2, 0.25) is 0 Å². The van der Waals surface area contributed by atoms with E-state index in [4.69, 9.17) is 0 Å². The molecule has 0 aliphatic carbocycles. The molecule has 0 saturated carbocycles. The Morgan fingerprint density at radius 3 is 2.50 bits per heavy atom. The van der Waals surface area contributed by atoms with Crippen molar-refractivity contribution in [1.29, 1.82) is 0 Å². The summed E-state index contributed by atoms with van der Waals surface area (Å²) in [6, 6.07) is 2.94. The zero-order valence-corrected chi connectivity index (χ0v) is 7.90. The summed E-state index contributed by atoms with van der Waals surface area (Å²) in [7, 11) is -0.248. The highest BCUT2D eigenvalue weighted by Gasteiger charge is 1.97. The van der Waals surface area contributed by atoms with Crippen LogP contribution in [0.3, 0.4) is 0 Å². The van der Waals surface area contributed by atoms with E-state index in [1.54, 1.807) is 0 Å². The second kappa shape index (κ2) is 5.70. The van der Waals surface area contributed by atoms with Crippen molar-refractivity contribution in [3.63, 3.8) is 0 Å². The van der Waals surface area contributed by atoms with E-state index in [0.29, 0.717) is 0 Å². The fourth-order valence-corrected chi connectivity index (χ4v) is 2.48. The highest BCUT2D eigenvalue weighted by atomic mass is 32.1. The van der Waals surface area contributed by atoms with Crippen LogP contribution in [0.25, 0.3) is 0 Å². The van der Waals surface area contributed by atoms with Crippen LogP contribution >= 0.6 is 12.6 Å². The van der Waals surface area contributed by atoms with Gasteiger partial charge in [-0.1, -0.05) is 25.6 Å². The summed E-state index contributed by atoms with van der Waals surface area (Å²) in [6.45, 7) is 4.73. The Kier molecular flexibility index (Phi) is 6.10. The van der Waals surface area contributed by atoms with Crippen LogP contribution in [0.15, 0.2) is 0 Å². The van der Waals surface area contributed by atoms with Gasteiger partial charge in [-0.3, -0.25) is 0 Å². The lowest BCUT2D eigenvalue weighted by Gasteiger charge is -2.02. The predicted octanol–water partition coefficient (Wildman–Crippen LogP) is 2.18. The molecule has 0 aromatic heterocycles. The summed E-state index contributed by atoms with van der Waals surface area (Å²) in [4.78, 5) is 0. The molecule has 0 nitrogen and oxygen atoms in total. The minimum Gasteiger partial charge on any atom is -0.179 e. The van der Waals surface area contributed by atoms with Crippen molar-refractivity contribution in [2.24, 2.45) is 0 Å². The molecule has 2 heteroatoms. The highest BCUT2D eigenvalue weighted by Crippen LogP contribution is 2.02. The van der Waals surface area contributed by atoms with Gasteiger partial charge in [0.05, 0.1) is 0 Å². The van der Waals surface area contributed by atoms with Gasteiger partial charge >= 0.3 is 0 Å². The molecule has 8 heavy (non-hydrogen) atoms. The van der Waals surface area contributed by atoms with Crippen molar-refractivity contribution in [2.75, 3.05) is 5.75 Å². The van der Waals surface area contributed by atoms with Crippen molar-refractivity contribution >= 4 is 21.4 Å². The van der Waals surface area contributed by atoms with Crippen molar-refractivity contribution < 1.29 is 0 Å². The summed E-state index contributed by atoms with van der Waals surface area (Å²) in [6.07, 6.45) is 1.34. The molecule has 0 radical (unpaired) electrons. The molecule has 0 spiro atoms. The molecule has 0 aliphatic heterocycles. The second-order valence-corrected chi connectivity index (χ2v) is 6.43. The van der Waals surface area contributed by atoms with E-state index in [-0.39, 0.29) is 8.80 Å². The van der Waals surface area contributed by atoms with E-state index >= 15 is 0 Å². The van der Waals surface area contributed by atoms with Crippen LogP contribution in [0.1, 0.15) is 13.3 Å². The van der Waals surface area contributed by atoms with Crippen molar-refractivity contribution in [2.45, 2.75) is 32.0 Å². The van der Waals surface area contributed by atoms with Crippen LogP contribution in [-0.4, -0.2) is 14.5 Å². The van der Waals surface area contributed by atoms with Crippen LogP contribution in [0, 0.1) is 0 Å². The van der Waals surface area contributed by atoms with Crippen LogP contribution < -0.4 is 0 Å². The standard InChI is InChI=1S/C6H16SSi/c1-3-8(2)6-4-5-7/h7-8H,3-6H2,1-2H3. The van der Waals surface area contributed by atoms with E-state index in [1.807, 2.05) is 0 Å². The molecule has 0 saturated heterocycles. The quantitative estimate of drug-likeness (QED) is 0.458. The Morgan fingerprint density at radius 2 is 2.12 bits per heavy atom. The Balaban J connectivity index is 2.86. The van der Waals surface area contributed by atoms with E-state index in [0.717, 1.165) is 5.75 Å². The highest BCUT2D eigenvalue weighted by molar-refractivity contribution is 7.80. The van der Waals surface area contributed by atoms with Gasteiger partial charge in [-0.25, -0.2) is 0 Å². The first kappa shape index (κ1) is 8.57. The SMILES string of the molecule is CC[SiH](C)CCCS. The maximum Gasteiger partial charge on any atom is 0.0334 e. The first-order valence-corrected chi connectivity index (χ1v) is 6.84. The Bertz CT molecular complexity index is 47.8. The zero-order chi connectivity index (χ0) is 6.41. The average Bonchev–Trinajstić information content (AvgIpc) is 1.83. The third-order valence-electron chi connectivity index (χ3n) is 1.55. The molecule has 0 aromatic carbocycles. The topological polar surface area (TPSA) is 0 Å². The van der Waals surface area contributed by atoms with Crippen molar-refractivity contribution in [1.82, 2.24) is 0 Å². The first-order chi connectivity index (χ1) is 3.81. The fourth-order valence-electron chi connectivity index (χ4n) is 0.644. The number of hydrogen-bond acceptors (Lipinski definition) is 1. The summed E-state index contributed by atoms with van der Waals surface area (Å²) in [5.74, 6) is 1.08. The van der Waals surface area contributed by atoms with Gasteiger partial charge < -0.3 is 0 Å². The van der Waals surface area contributed by atoms with Crippen molar-refractivity contribution in [3.8, 4) is 0 Å². The van der Waals surface area contributed by atoms with Crippen molar-refractivity contribution in [3.05, 3.63) is 0 Å². The van der Waals surface area contributed by atoms with E-state index in [9.17, 15) is 0 Å². The van der Waals surface area contributed by atoms with E-state index < -0.39 is 0 Å². The lowest BCUT2D eigenvalue weighted by Crippen LogP contribution is -2.03.